The van der Waals surface area contributed by atoms with Crippen LogP contribution in [0.15, 0.2) is 30.5 Å². The van der Waals surface area contributed by atoms with Crippen molar-refractivity contribution in [2.45, 2.75) is 0 Å². The van der Waals surface area contributed by atoms with Gasteiger partial charge in [-0.25, -0.2) is 4.98 Å². The van der Waals surface area contributed by atoms with Gasteiger partial charge >= 0.3 is 0 Å². The summed E-state index contributed by atoms with van der Waals surface area (Å²) in [5.74, 6) is 1.21. The summed E-state index contributed by atoms with van der Waals surface area (Å²) in [5.41, 5.74) is 1.38. The third-order valence-electron chi connectivity index (χ3n) is 2.12. The van der Waals surface area contributed by atoms with E-state index in [-0.39, 0.29) is 0 Å². The molecule has 0 aliphatic heterocycles. The third kappa shape index (κ3) is 1.74. The highest BCUT2D eigenvalue weighted by Crippen LogP contribution is 2.21. The van der Waals surface area contributed by atoms with Crippen LogP contribution in [-0.4, -0.2) is 23.4 Å². The average Bonchev–Trinajstić information content (AvgIpc) is 2.77. The lowest BCUT2D eigenvalue weighted by Gasteiger charge is -1.99. The number of aromatic nitrogens is 2. The second-order valence-corrected chi connectivity index (χ2v) is 3.01. The number of imidazole rings is 1. The molecule has 0 aliphatic carbocycles. The van der Waals surface area contributed by atoms with E-state index < -0.39 is 0 Å². The standard InChI is InChI=1S/C11H10N2O2/c1-15-10-6-12-11(13-10)9-5-3-2-4-8(9)7-14/h2-7H,1H3,(H,12,13). The molecule has 0 radical (unpaired) electrons. The number of H-pyrrole nitrogens is 1. The van der Waals surface area contributed by atoms with Crippen molar-refractivity contribution >= 4 is 6.29 Å². The SMILES string of the molecule is COc1cnc(-c2ccccc2C=O)[nH]1. The van der Waals surface area contributed by atoms with Crippen molar-refractivity contribution in [3.63, 3.8) is 0 Å². The summed E-state index contributed by atoms with van der Waals surface area (Å²) in [5, 5.41) is 0. The van der Waals surface area contributed by atoms with E-state index in [1.807, 2.05) is 18.2 Å². The highest BCUT2D eigenvalue weighted by molar-refractivity contribution is 5.85. The molecule has 0 atom stereocenters. The number of methoxy groups -OCH3 is 1. The van der Waals surface area contributed by atoms with Crippen molar-refractivity contribution in [1.29, 1.82) is 0 Å². The summed E-state index contributed by atoms with van der Waals surface area (Å²) < 4.78 is 4.98. The molecule has 0 aliphatic rings. The average molecular weight is 202 g/mol. The van der Waals surface area contributed by atoms with Crippen LogP contribution in [0.2, 0.25) is 0 Å². The molecule has 0 saturated heterocycles. The van der Waals surface area contributed by atoms with E-state index in [9.17, 15) is 4.79 Å². The number of aldehydes is 1. The Hall–Kier alpha value is -2.10. The summed E-state index contributed by atoms with van der Waals surface area (Å²) >= 11 is 0. The zero-order valence-electron chi connectivity index (χ0n) is 8.23. The van der Waals surface area contributed by atoms with Crippen molar-refractivity contribution in [3.05, 3.63) is 36.0 Å². The maximum Gasteiger partial charge on any atom is 0.211 e. The summed E-state index contributed by atoms with van der Waals surface area (Å²) in [6.07, 6.45) is 2.39. The quantitative estimate of drug-likeness (QED) is 0.773. The van der Waals surface area contributed by atoms with E-state index in [1.165, 1.54) is 0 Å². The van der Waals surface area contributed by atoms with Gasteiger partial charge in [-0.05, 0) is 0 Å². The van der Waals surface area contributed by atoms with Crippen LogP contribution in [0.3, 0.4) is 0 Å². The number of aromatic amines is 1. The van der Waals surface area contributed by atoms with Gasteiger partial charge in [0.15, 0.2) is 6.29 Å². The second kappa shape index (κ2) is 3.96. The predicted molar refractivity (Wildman–Crippen MR) is 56.0 cm³/mol. The molecule has 0 fully saturated rings. The number of benzene rings is 1. The smallest absolute Gasteiger partial charge is 0.211 e. The van der Waals surface area contributed by atoms with Gasteiger partial charge in [-0.1, -0.05) is 24.3 Å². The minimum atomic E-state index is 0.575. The summed E-state index contributed by atoms with van der Waals surface area (Å²) in [4.78, 5) is 17.9. The van der Waals surface area contributed by atoms with Crippen molar-refractivity contribution < 1.29 is 9.53 Å². The van der Waals surface area contributed by atoms with Gasteiger partial charge in [0.2, 0.25) is 5.88 Å². The highest BCUT2D eigenvalue weighted by Gasteiger charge is 2.07. The minimum absolute atomic E-state index is 0.575. The van der Waals surface area contributed by atoms with E-state index >= 15 is 0 Å². The molecule has 1 heterocycles. The Labute approximate surface area is 86.9 Å². The molecule has 0 amide bonds. The molecule has 15 heavy (non-hydrogen) atoms. The summed E-state index contributed by atoms with van der Waals surface area (Å²) in [6, 6.07) is 7.25. The molecular formula is C11H10N2O2. The molecule has 2 aromatic rings. The van der Waals surface area contributed by atoms with Crippen LogP contribution in [-0.2, 0) is 0 Å². The first-order chi connectivity index (χ1) is 7.35. The number of hydrogen-bond acceptors (Lipinski definition) is 3. The van der Waals surface area contributed by atoms with Crippen LogP contribution in [0.1, 0.15) is 10.4 Å². The molecular weight excluding hydrogens is 192 g/mol. The fraction of sp³-hybridized carbons (Fsp3) is 0.0909. The highest BCUT2D eigenvalue weighted by atomic mass is 16.5. The number of rotatable bonds is 3. The fourth-order valence-corrected chi connectivity index (χ4v) is 1.36. The number of nitrogens with one attached hydrogen (secondary N) is 1. The van der Waals surface area contributed by atoms with Crippen LogP contribution >= 0.6 is 0 Å². The van der Waals surface area contributed by atoms with E-state index in [0.29, 0.717) is 17.3 Å². The topological polar surface area (TPSA) is 55.0 Å². The third-order valence-corrected chi connectivity index (χ3v) is 2.12. The van der Waals surface area contributed by atoms with Gasteiger partial charge in [-0.3, -0.25) is 4.79 Å². The Kier molecular flexibility index (Phi) is 2.49. The molecule has 0 bridgehead atoms. The van der Waals surface area contributed by atoms with Crippen molar-refractivity contribution in [2.24, 2.45) is 0 Å². The van der Waals surface area contributed by atoms with Gasteiger partial charge in [0.05, 0.1) is 13.3 Å². The number of ether oxygens (including phenoxy) is 1. The van der Waals surface area contributed by atoms with Crippen LogP contribution in [0.25, 0.3) is 11.4 Å². The monoisotopic (exact) mass is 202 g/mol. The van der Waals surface area contributed by atoms with Crippen molar-refractivity contribution in [3.8, 4) is 17.3 Å². The first-order valence-electron chi connectivity index (χ1n) is 4.48. The second-order valence-electron chi connectivity index (χ2n) is 3.01. The molecule has 0 saturated carbocycles. The molecule has 1 aromatic carbocycles. The van der Waals surface area contributed by atoms with E-state index in [4.69, 9.17) is 4.74 Å². The van der Waals surface area contributed by atoms with Crippen LogP contribution in [0.5, 0.6) is 5.88 Å². The fourth-order valence-electron chi connectivity index (χ4n) is 1.36. The van der Waals surface area contributed by atoms with Crippen LogP contribution < -0.4 is 4.74 Å². The number of carbonyl (C=O) groups is 1. The molecule has 1 aromatic heterocycles. The molecule has 1 N–H and O–H groups in total. The van der Waals surface area contributed by atoms with Gasteiger partial charge in [-0.15, -0.1) is 0 Å². The first kappa shape index (κ1) is 9.45. The normalized spacial score (nSPS) is 9.93. The van der Waals surface area contributed by atoms with Crippen molar-refractivity contribution in [1.82, 2.24) is 9.97 Å². The molecule has 0 spiro atoms. The van der Waals surface area contributed by atoms with E-state index in [2.05, 4.69) is 9.97 Å². The summed E-state index contributed by atoms with van der Waals surface area (Å²) in [7, 11) is 1.56. The van der Waals surface area contributed by atoms with Crippen LogP contribution in [0.4, 0.5) is 0 Å². The van der Waals surface area contributed by atoms with Crippen LogP contribution in [0, 0.1) is 0 Å². The lowest BCUT2D eigenvalue weighted by molar-refractivity contribution is 0.112. The largest absolute Gasteiger partial charge is 0.481 e. The molecule has 2 rings (SSSR count). The van der Waals surface area contributed by atoms with Gasteiger partial charge in [-0.2, -0.15) is 0 Å². The molecule has 76 valence electrons. The zero-order valence-corrected chi connectivity index (χ0v) is 8.23. The zero-order chi connectivity index (χ0) is 10.7. The minimum Gasteiger partial charge on any atom is -0.481 e. The number of hydrogen-bond donors (Lipinski definition) is 1. The Morgan fingerprint density at radius 1 is 1.40 bits per heavy atom. The van der Waals surface area contributed by atoms with Gasteiger partial charge < -0.3 is 9.72 Å². The maximum absolute atomic E-state index is 10.8. The van der Waals surface area contributed by atoms with Crippen molar-refractivity contribution in [2.75, 3.05) is 7.11 Å². The Bertz CT molecular complexity index is 477. The molecule has 4 heteroatoms. The molecule has 4 nitrogen and oxygen atoms in total. The number of nitrogens with zero attached hydrogens (tertiary/aromatic N) is 1. The lowest BCUT2D eigenvalue weighted by Crippen LogP contribution is -1.88. The van der Waals surface area contributed by atoms with E-state index in [0.717, 1.165) is 11.8 Å². The Balaban J connectivity index is 2.48. The maximum atomic E-state index is 10.8. The predicted octanol–water partition coefficient (Wildman–Crippen LogP) is 1.90. The number of carbonyl (C=O) groups excluding carboxylic acids is 1. The molecule has 0 unspecified atom stereocenters. The Morgan fingerprint density at radius 3 is 2.87 bits per heavy atom. The van der Waals surface area contributed by atoms with E-state index in [1.54, 1.807) is 19.4 Å². The first-order valence-corrected chi connectivity index (χ1v) is 4.48. The van der Waals surface area contributed by atoms with Gasteiger partial charge in [0, 0.05) is 11.1 Å². The Morgan fingerprint density at radius 2 is 2.20 bits per heavy atom. The van der Waals surface area contributed by atoms with Gasteiger partial charge in [0.1, 0.15) is 5.82 Å². The lowest BCUT2D eigenvalue weighted by atomic mass is 10.1. The van der Waals surface area contributed by atoms with Gasteiger partial charge in [0.25, 0.3) is 0 Å². The summed E-state index contributed by atoms with van der Waals surface area (Å²) in [6.45, 7) is 0.